The Morgan fingerprint density at radius 3 is 1.85 bits per heavy atom. The van der Waals surface area contributed by atoms with Gasteiger partial charge in [0.25, 0.3) is 0 Å². The molecule has 0 saturated heterocycles. The molecule has 2 nitrogen and oxygen atoms in total. The first-order valence-corrected chi connectivity index (χ1v) is 16.6. The monoisotopic (exact) mass is 594 g/mol. The van der Waals surface area contributed by atoms with Crippen LogP contribution in [0, 0.1) is 0 Å². The first-order valence-electron chi connectivity index (χ1n) is 16.6. The van der Waals surface area contributed by atoms with E-state index in [0.29, 0.717) is 0 Å². The van der Waals surface area contributed by atoms with Gasteiger partial charge in [0, 0.05) is 39.4 Å². The number of rotatable bonds is 7. The molecule has 0 spiro atoms. The SMILES string of the molecule is C1=C(N(c2ccccc2)c2ccc(-c3ccc(N(C4=CCCCC4)c4cccc5ccccc45)cc3)cc2)c2ccccc2CC1. The summed E-state index contributed by atoms with van der Waals surface area (Å²) in [4.78, 5) is 4.90. The molecule has 46 heavy (non-hydrogen) atoms. The molecule has 0 bridgehead atoms. The lowest BCUT2D eigenvalue weighted by Crippen LogP contribution is -2.18. The topological polar surface area (TPSA) is 6.48 Å². The summed E-state index contributed by atoms with van der Waals surface area (Å²) >= 11 is 0. The average Bonchev–Trinajstić information content (AvgIpc) is 3.14. The van der Waals surface area contributed by atoms with Gasteiger partial charge in [0.1, 0.15) is 0 Å². The fourth-order valence-corrected chi connectivity index (χ4v) is 7.17. The van der Waals surface area contributed by atoms with Crippen LogP contribution in [0.25, 0.3) is 27.6 Å². The van der Waals surface area contributed by atoms with Gasteiger partial charge >= 0.3 is 0 Å². The van der Waals surface area contributed by atoms with E-state index in [9.17, 15) is 0 Å². The van der Waals surface area contributed by atoms with Gasteiger partial charge in [-0.1, -0.05) is 115 Å². The van der Waals surface area contributed by atoms with Crippen molar-refractivity contribution in [3.8, 4) is 11.1 Å². The van der Waals surface area contributed by atoms with E-state index in [2.05, 4.69) is 168 Å². The molecule has 8 rings (SSSR count). The largest absolute Gasteiger partial charge is 0.314 e. The molecule has 2 aliphatic rings. The number of para-hydroxylation sites is 1. The smallest absolute Gasteiger partial charge is 0.0536 e. The average molecular weight is 595 g/mol. The minimum absolute atomic E-state index is 1.05. The van der Waals surface area contributed by atoms with Gasteiger partial charge in [-0.2, -0.15) is 0 Å². The fourth-order valence-electron chi connectivity index (χ4n) is 7.17. The molecule has 224 valence electrons. The van der Waals surface area contributed by atoms with Gasteiger partial charge in [-0.25, -0.2) is 0 Å². The first kappa shape index (κ1) is 28.2. The van der Waals surface area contributed by atoms with Crippen LogP contribution in [0.1, 0.15) is 43.2 Å². The minimum Gasteiger partial charge on any atom is -0.314 e. The van der Waals surface area contributed by atoms with Gasteiger partial charge in [0.15, 0.2) is 0 Å². The molecule has 0 amide bonds. The van der Waals surface area contributed by atoms with Crippen LogP contribution in [0.3, 0.4) is 0 Å². The summed E-state index contributed by atoms with van der Waals surface area (Å²) in [7, 11) is 0. The van der Waals surface area contributed by atoms with Gasteiger partial charge < -0.3 is 9.80 Å². The van der Waals surface area contributed by atoms with Crippen molar-refractivity contribution >= 4 is 39.2 Å². The van der Waals surface area contributed by atoms with Gasteiger partial charge in [-0.3, -0.25) is 0 Å². The van der Waals surface area contributed by atoms with E-state index in [0.717, 1.165) is 25.7 Å². The van der Waals surface area contributed by atoms with Crippen molar-refractivity contribution in [2.24, 2.45) is 0 Å². The van der Waals surface area contributed by atoms with Crippen LogP contribution < -0.4 is 9.80 Å². The van der Waals surface area contributed by atoms with Crippen LogP contribution in [0.4, 0.5) is 22.7 Å². The van der Waals surface area contributed by atoms with Crippen LogP contribution in [0.2, 0.25) is 0 Å². The van der Waals surface area contributed by atoms with Crippen LogP contribution in [0.15, 0.2) is 163 Å². The van der Waals surface area contributed by atoms with E-state index in [1.54, 1.807) is 0 Å². The Balaban J connectivity index is 1.13. The van der Waals surface area contributed by atoms with Crippen LogP contribution in [-0.2, 0) is 6.42 Å². The summed E-state index contributed by atoms with van der Waals surface area (Å²) in [6, 6.07) is 53.2. The predicted octanol–water partition coefficient (Wildman–Crippen LogP) is 12.2. The summed E-state index contributed by atoms with van der Waals surface area (Å²) in [5.74, 6) is 0. The number of aryl methyl sites for hydroxylation is 1. The third-order valence-electron chi connectivity index (χ3n) is 9.45. The number of allylic oxidation sites excluding steroid dienone is 3. The lowest BCUT2D eigenvalue weighted by molar-refractivity contribution is 0.691. The lowest BCUT2D eigenvalue weighted by atomic mass is 9.93. The second-order valence-electron chi connectivity index (χ2n) is 12.3. The van der Waals surface area contributed by atoms with E-state index in [-0.39, 0.29) is 0 Å². The van der Waals surface area contributed by atoms with Gasteiger partial charge in [-0.15, -0.1) is 0 Å². The fraction of sp³-hybridized carbons (Fsp3) is 0.136. The maximum Gasteiger partial charge on any atom is 0.0536 e. The number of nitrogens with zero attached hydrogens (tertiary/aromatic N) is 2. The van der Waals surface area contributed by atoms with Crippen molar-refractivity contribution in [3.63, 3.8) is 0 Å². The van der Waals surface area contributed by atoms with Crippen molar-refractivity contribution in [1.29, 1.82) is 0 Å². The summed E-state index contributed by atoms with van der Waals surface area (Å²) < 4.78 is 0. The van der Waals surface area contributed by atoms with Crippen molar-refractivity contribution in [2.45, 2.75) is 38.5 Å². The third-order valence-corrected chi connectivity index (χ3v) is 9.45. The molecule has 0 aliphatic heterocycles. The molecule has 0 heterocycles. The molecule has 0 radical (unpaired) electrons. The Kier molecular flexibility index (Phi) is 7.70. The summed E-state index contributed by atoms with van der Waals surface area (Å²) in [6.45, 7) is 0. The second kappa shape index (κ2) is 12.6. The van der Waals surface area contributed by atoms with E-state index in [4.69, 9.17) is 0 Å². The quantitative estimate of drug-likeness (QED) is 0.181. The highest BCUT2D eigenvalue weighted by Crippen LogP contribution is 2.41. The number of hydrogen-bond donors (Lipinski definition) is 0. The second-order valence-corrected chi connectivity index (χ2v) is 12.3. The summed E-state index contributed by atoms with van der Waals surface area (Å²) in [5, 5.41) is 2.56. The van der Waals surface area contributed by atoms with Gasteiger partial charge in [0.2, 0.25) is 0 Å². The van der Waals surface area contributed by atoms with Crippen molar-refractivity contribution in [3.05, 3.63) is 175 Å². The molecular formula is C44H38N2. The van der Waals surface area contributed by atoms with E-state index >= 15 is 0 Å². The Morgan fingerprint density at radius 1 is 0.435 bits per heavy atom. The van der Waals surface area contributed by atoms with E-state index in [1.807, 2.05) is 0 Å². The molecule has 2 aliphatic carbocycles. The summed E-state index contributed by atoms with van der Waals surface area (Å²) in [5.41, 5.74) is 12.6. The number of anilines is 4. The maximum atomic E-state index is 2.49. The standard InChI is InChI=1S/C44H38N2/c1-3-17-37(18-4-1)45(43-23-11-15-35-13-7-9-21-41(35)43)39-29-25-33(26-30-39)34-27-31-40(32-28-34)46(38-19-5-2-6-20-38)44-24-12-16-36-14-8-10-22-42(36)44/h1,3-4,7-10,12-14,16-19,21-32H,2,5-6,11,15,20H2. The van der Waals surface area contributed by atoms with E-state index in [1.165, 1.54) is 80.0 Å². The number of benzene rings is 6. The number of fused-ring (bicyclic) bond motifs is 2. The van der Waals surface area contributed by atoms with Crippen molar-refractivity contribution < 1.29 is 0 Å². The molecule has 0 saturated carbocycles. The first-order chi connectivity index (χ1) is 22.8. The Bertz CT molecular complexity index is 2030. The molecule has 0 unspecified atom stereocenters. The van der Waals surface area contributed by atoms with Gasteiger partial charge in [-0.05, 0) is 103 Å². The maximum absolute atomic E-state index is 2.49. The highest BCUT2D eigenvalue weighted by Gasteiger charge is 2.22. The molecule has 6 aromatic rings. The molecule has 0 aromatic heterocycles. The zero-order chi connectivity index (χ0) is 30.7. The predicted molar refractivity (Wildman–Crippen MR) is 196 cm³/mol. The molecular weight excluding hydrogens is 556 g/mol. The highest BCUT2D eigenvalue weighted by atomic mass is 15.2. The lowest BCUT2D eigenvalue weighted by Gasteiger charge is -2.31. The van der Waals surface area contributed by atoms with Crippen molar-refractivity contribution in [1.82, 2.24) is 0 Å². The normalized spacial score (nSPS) is 14.3. The van der Waals surface area contributed by atoms with Crippen molar-refractivity contribution in [2.75, 3.05) is 9.80 Å². The number of hydrogen-bond acceptors (Lipinski definition) is 2. The molecule has 0 fully saturated rings. The van der Waals surface area contributed by atoms with Crippen LogP contribution in [0.5, 0.6) is 0 Å². The molecule has 0 N–H and O–H groups in total. The molecule has 2 heteroatoms. The zero-order valence-corrected chi connectivity index (χ0v) is 26.1. The third kappa shape index (κ3) is 5.41. The summed E-state index contributed by atoms with van der Waals surface area (Å²) in [6.07, 6.45) is 11.7. The molecule has 0 atom stereocenters. The van der Waals surface area contributed by atoms with E-state index < -0.39 is 0 Å². The Hall–Kier alpha value is -5.34. The Labute approximate surface area is 272 Å². The minimum atomic E-state index is 1.05. The van der Waals surface area contributed by atoms with Crippen LogP contribution >= 0.6 is 0 Å². The Morgan fingerprint density at radius 2 is 1.09 bits per heavy atom. The van der Waals surface area contributed by atoms with Gasteiger partial charge in [0.05, 0.1) is 5.69 Å². The zero-order valence-electron chi connectivity index (χ0n) is 26.1. The highest BCUT2D eigenvalue weighted by molar-refractivity contribution is 5.97. The van der Waals surface area contributed by atoms with Crippen LogP contribution in [-0.4, -0.2) is 0 Å². The molecule has 6 aromatic carbocycles.